The van der Waals surface area contributed by atoms with E-state index in [1.54, 1.807) is 0 Å². The quantitative estimate of drug-likeness (QED) is 0.860. The standard InChI is InChI=1S/C15H26N2O2S/c18-15(11-20-12-5-7-16-8-6-12)17-9-10-19-14-4-2-1-3-13(14)17/h12-14,16H,1-11H2. The van der Waals surface area contributed by atoms with Crippen LogP contribution in [0.2, 0.25) is 0 Å². The monoisotopic (exact) mass is 298 g/mol. The average Bonchev–Trinajstić information content (AvgIpc) is 2.53. The molecule has 114 valence electrons. The molecule has 3 fully saturated rings. The number of nitrogens with zero attached hydrogens (tertiary/aromatic N) is 1. The number of nitrogens with one attached hydrogen (secondary N) is 1. The van der Waals surface area contributed by atoms with Crippen LogP contribution in [0.4, 0.5) is 0 Å². The van der Waals surface area contributed by atoms with Gasteiger partial charge in [-0.25, -0.2) is 0 Å². The van der Waals surface area contributed by atoms with Crippen LogP contribution < -0.4 is 5.32 Å². The molecule has 4 nitrogen and oxygen atoms in total. The number of hydrogen-bond donors (Lipinski definition) is 1. The molecule has 1 amide bonds. The number of fused-ring (bicyclic) bond motifs is 1. The van der Waals surface area contributed by atoms with Crippen LogP contribution in [0.25, 0.3) is 0 Å². The fraction of sp³-hybridized carbons (Fsp3) is 0.933. The first kappa shape index (κ1) is 14.7. The highest BCUT2D eigenvalue weighted by Crippen LogP contribution is 2.29. The van der Waals surface area contributed by atoms with Crippen LogP contribution in [0, 0.1) is 0 Å². The molecule has 3 rings (SSSR count). The van der Waals surface area contributed by atoms with E-state index in [0.717, 1.165) is 39.1 Å². The number of rotatable bonds is 3. The molecule has 0 aromatic heterocycles. The predicted molar refractivity (Wildman–Crippen MR) is 82.1 cm³/mol. The molecular formula is C15H26N2O2S. The molecule has 2 heterocycles. The van der Waals surface area contributed by atoms with Gasteiger partial charge in [0.2, 0.25) is 5.91 Å². The van der Waals surface area contributed by atoms with E-state index in [-0.39, 0.29) is 0 Å². The third kappa shape index (κ3) is 3.49. The number of piperidine rings is 1. The van der Waals surface area contributed by atoms with Crippen molar-refractivity contribution < 1.29 is 9.53 Å². The van der Waals surface area contributed by atoms with E-state index in [9.17, 15) is 4.79 Å². The summed E-state index contributed by atoms with van der Waals surface area (Å²) in [7, 11) is 0. The minimum Gasteiger partial charge on any atom is -0.374 e. The maximum Gasteiger partial charge on any atom is 0.232 e. The average molecular weight is 298 g/mol. The molecule has 0 aromatic rings. The van der Waals surface area contributed by atoms with Crippen molar-refractivity contribution in [3.63, 3.8) is 0 Å². The fourth-order valence-corrected chi connectivity index (χ4v) is 4.75. The summed E-state index contributed by atoms with van der Waals surface area (Å²) in [6.07, 6.45) is 7.48. The zero-order chi connectivity index (χ0) is 13.8. The second-order valence-corrected chi connectivity index (χ2v) is 7.40. The number of carbonyl (C=O) groups is 1. The zero-order valence-corrected chi connectivity index (χ0v) is 13.0. The van der Waals surface area contributed by atoms with Gasteiger partial charge in [0, 0.05) is 11.8 Å². The predicted octanol–water partition coefficient (Wildman–Crippen LogP) is 1.64. The second kappa shape index (κ2) is 7.14. The molecule has 5 heteroatoms. The van der Waals surface area contributed by atoms with Gasteiger partial charge in [-0.1, -0.05) is 12.8 Å². The minimum atomic E-state index is 0.310. The molecule has 2 unspecified atom stereocenters. The van der Waals surface area contributed by atoms with Crippen LogP contribution in [-0.4, -0.2) is 60.2 Å². The van der Waals surface area contributed by atoms with Crippen molar-refractivity contribution in [2.45, 2.75) is 55.9 Å². The molecule has 2 aliphatic heterocycles. The first-order valence-corrected chi connectivity index (χ1v) is 9.13. The Kier molecular flexibility index (Phi) is 5.24. The van der Waals surface area contributed by atoms with Crippen LogP contribution in [0.5, 0.6) is 0 Å². The summed E-state index contributed by atoms with van der Waals surface area (Å²) in [6.45, 7) is 3.74. The SMILES string of the molecule is O=C(CSC1CCNCC1)N1CCOC2CCCCC21. The number of hydrogen-bond acceptors (Lipinski definition) is 4. The van der Waals surface area contributed by atoms with Gasteiger partial charge in [-0.05, 0) is 38.8 Å². The van der Waals surface area contributed by atoms with Crippen molar-refractivity contribution in [2.75, 3.05) is 32.0 Å². The highest BCUT2D eigenvalue weighted by molar-refractivity contribution is 8.00. The van der Waals surface area contributed by atoms with Gasteiger partial charge in [0.15, 0.2) is 0 Å². The van der Waals surface area contributed by atoms with Gasteiger partial charge < -0.3 is 15.0 Å². The highest BCUT2D eigenvalue weighted by Gasteiger charge is 2.36. The summed E-state index contributed by atoms with van der Waals surface area (Å²) in [5.41, 5.74) is 0. The second-order valence-electron chi connectivity index (χ2n) is 6.11. The summed E-state index contributed by atoms with van der Waals surface area (Å²) in [6, 6.07) is 0.360. The molecule has 3 aliphatic rings. The Bertz CT molecular complexity index is 332. The van der Waals surface area contributed by atoms with E-state index < -0.39 is 0 Å². The van der Waals surface area contributed by atoms with Crippen molar-refractivity contribution in [1.82, 2.24) is 10.2 Å². The van der Waals surface area contributed by atoms with Crippen LogP contribution in [0.1, 0.15) is 38.5 Å². The van der Waals surface area contributed by atoms with Crippen molar-refractivity contribution in [3.8, 4) is 0 Å². The molecule has 1 saturated carbocycles. The van der Waals surface area contributed by atoms with Gasteiger partial charge in [-0.15, -0.1) is 11.8 Å². The molecule has 20 heavy (non-hydrogen) atoms. The smallest absolute Gasteiger partial charge is 0.232 e. The number of thioether (sulfide) groups is 1. The lowest BCUT2D eigenvalue weighted by Crippen LogP contribution is -2.55. The minimum absolute atomic E-state index is 0.310. The lowest BCUT2D eigenvalue weighted by Gasteiger charge is -2.44. The Morgan fingerprint density at radius 1 is 1.20 bits per heavy atom. The summed E-state index contributed by atoms with van der Waals surface area (Å²) in [5.74, 6) is 1.00. The first-order valence-electron chi connectivity index (χ1n) is 8.08. The highest BCUT2D eigenvalue weighted by atomic mass is 32.2. The molecule has 0 bridgehead atoms. The van der Waals surface area contributed by atoms with Crippen LogP contribution in [0.15, 0.2) is 0 Å². The van der Waals surface area contributed by atoms with Crippen molar-refractivity contribution in [1.29, 1.82) is 0 Å². The Balaban J connectivity index is 1.50. The molecule has 2 saturated heterocycles. The molecule has 1 N–H and O–H groups in total. The van der Waals surface area contributed by atoms with Crippen LogP contribution in [0.3, 0.4) is 0 Å². The molecule has 0 aromatic carbocycles. The Morgan fingerprint density at radius 2 is 2.00 bits per heavy atom. The van der Waals surface area contributed by atoms with E-state index in [4.69, 9.17) is 4.74 Å². The molecule has 1 aliphatic carbocycles. The molecule has 0 radical (unpaired) electrons. The van der Waals surface area contributed by atoms with E-state index in [1.165, 1.54) is 25.7 Å². The number of morpholine rings is 1. The number of amides is 1. The van der Waals surface area contributed by atoms with Crippen molar-refractivity contribution in [2.24, 2.45) is 0 Å². The van der Waals surface area contributed by atoms with Crippen molar-refractivity contribution >= 4 is 17.7 Å². The first-order chi connectivity index (χ1) is 9.84. The topological polar surface area (TPSA) is 41.6 Å². The van der Waals surface area contributed by atoms with Crippen LogP contribution in [-0.2, 0) is 9.53 Å². The van der Waals surface area contributed by atoms with E-state index in [2.05, 4.69) is 10.2 Å². The summed E-state index contributed by atoms with van der Waals surface area (Å²) in [4.78, 5) is 14.7. The van der Waals surface area contributed by atoms with Crippen LogP contribution >= 0.6 is 11.8 Å². The van der Waals surface area contributed by atoms with Gasteiger partial charge in [0.1, 0.15) is 0 Å². The summed E-state index contributed by atoms with van der Waals surface area (Å²) >= 11 is 1.87. The van der Waals surface area contributed by atoms with Crippen molar-refractivity contribution in [3.05, 3.63) is 0 Å². The Morgan fingerprint density at radius 3 is 2.85 bits per heavy atom. The van der Waals surface area contributed by atoms with E-state index in [0.29, 0.717) is 29.1 Å². The molecule has 2 atom stereocenters. The van der Waals surface area contributed by atoms with E-state index >= 15 is 0 Å². The zero-order valence-electron chi connectivity index (χ0n) is 12.2. The Hall–Kier alpha value is -0.260. The molecule has 0 spiro atoms. The largest absolute Gasteiger partial charge is 0.374 e. The van der Waals surface area contributed by atoms with Gasteiger partial charge in [-0.2, -0.15) is 0 Å². The third-order valence-electron chi connectivity index (χ3n) is 4.78. The summed E-state index contributed by atoms with van der Waals surface area (Å²) in [5, 5.41) is 4.05. The third-order valence-corrected chi connectivity index (χ3v) is 6.14. The Labute approximate surface area is 126 Å². The van der Waals surface area contributed by atoms with Gasteiger partial charge >= 0.3 is 0 Å². The maximum atomic E-state index is 12.5. The fourth-order valence-electron chi connectivity index (χ4n) is 3.64. The maximum absolute atomic E-state index is 12.5. The van der Waals surface area contributed by atoms with Gasteiger partial charge in [0.05, 0.1) is 24.5 Å². The lowest BCUT2D eigenvalue weighted by atomic mass is 9.90. The van der Waals surface area contributed by atoms with Gasteiger partial charge in [-0.3, -0.25) is 4.79 Å². The normalized spacial score (nSPS) is 31.9. The number of ether oxygens (including phenoxy) is 1. The number of carbonyl (C=O) groups excluding carboxylic acids is 1. The van der Waals surface area contributed by atoms with Gasteiger partial charge in [0.25, 0.3) is 0 Å². The van der Waals surface area contributed by atoms with E-state index in [1.807, 2.05) is 11.8 Å². The summed E-state index contributed by atoms with van der Waals surface area (Å²) < 4.78 is 5.85. The lowest BCUT2D eigenvalue weighted by molar-refractivity contribution is -0.146. The molecular weight excluding hydrogens is 272 g/mol.